The van der Waals surface area contributed by atoms with Crippen LogP contribution in [0.25, 0.3) is 21.9 Å². The SMILES string of the molecule is Clc1ccc2cccc-2c2cocc12. The summed E-state index contributed by atoms with van der Waals surface area (Å²) in [5, 5.41) is 2.76. The Hall–Kier alpha value is -1.47. The van der Waals surface area contributed by atoms with Crippen LogP contribution < -0.4 is 0 Å². The molecule has 0 spiro atoms. The van der Waals surface area contributed by atoms with E-state index in [4.69, 9.17) is 16.0 Å². The molecule has 0 unspecified atom stereocenters. The summed E-state index contributed by atoms with van der Waals surface area (Å²) in [7, 11) is 0. The zero-order chi connectivity index (χ0) is 9.54. The van der Waals surface area contributed by atoms with Crippen molar-refractivity contribution >= 4 is 22.4 Å². The molecular formula is C12H7ClO. The first-order chi connectivity index (χ1) is 6.86. The predicted molar refractivity (Wildman–Crippen MR) is 57.8 cm³/mol. The van der Waals surface area contributed by atoms with Crippen LogP contribution in [-0.4, -0.2) is 0 Å². The molecule has 2 heteroatoms. The predicted octanol–water partition coefficient (Wildman–Crippen LogP) is 4.19. The summed E-state index contributed by atoms with van der Waals surface area (Å²) < 4.78 is 5.18. The van der Waals surface area contributed by atoms with Crippen LogP contribution in [0.2, 0.25) is 5.02 Å². The monoisotopic (exact) mass is 202 g/mol. The fourth-order valence-corrected chi connectivity index (χ4v) is 1.98. The fraction of sp³-hybridized carbons (Fsp3) is 0. The first kappa shape index (κ1) is 7.89. The van der Waals surface area contributed by atoms with Gasteiger partial charge in [0.05, 0.1) is 17.5 Å². The van der Waals surface area contributed by atoms with Crippen molar-refractivity contribution in [3.63, 3.8) is 0 Å². The molecule has 1 aromatic rings. The van der Waals surface area contributed by atoms with Gasteiger partial charge in [0.25, 0.3) is 0 Å². The first-order valence-corrected chi connectivity index (χ1v) is 4.77. The lowest BCUT2D eigenvalue weighted by Crippen LogP contribution is -1.64. The van der Waals surface area contributed by atoms with Crippen molar-refractivity contribution in [2.75, 3.05) is 0 Å². The van der Waals surface area contributed by atoms with Crippen LogP contribution in [0.4, 0.5) is 0 Å². The van der Waals surface area contributed by atoms with E-state index < -0.39 is 0 Å². The van der Waals surface area contributed by atoms with Crippen molar-refractivity contribution in [2.45, 2.75) is 0 Å². The van der Waals surface area contributed by atoms with Crippen LogP contribution in [0.3, 0.4) is 0 Å². The van der Waals surface area contributed by atoms with Crippen molar-refractivity contribution < 1.29 is 4.42 Å². The maximum atomic E-state index is 6.11. The molecule has 2 aliphatic rings. The third-order valence-corrected chi connectivity index (χ3v) is 2.80. The highest BCUT2D eigenvalue weighted by atomic mass is 35.5. The molecule has 14 heavy (non-hydrogen) atoms. The third kappa shape index (κ3) is 0.962. The van der Waals surface area contributed by atoms with Gasteiger partial charge in [0.1, 0.15) is 0 Å². The van der Waals surface area contributed by atoms with Crippen molar-refractivity contribution in [1.29, 1.82) is 0 Å². The highest BCUT2D eigenvalue weighted by Crippen LogP contribution is 2.34. The van der Waals surface area contributed by atoms with E-state index in [9.17, 15) is 0 Å². The van der Waals surface area contributed by atoms with E-state index in [1.807, 2.05) is 18.2 Å². The Balaban J connectivity index is 2.60. The second-order valence-electron chi connectivity index (χ2n) is 3.28. The Morgan fingerprint density at radius 3 is 2.71 bits per heavy atom. The molecule has 0 aliphatic heterocycles. The Morgan fingerprint density at radius 2 is 1.79 bits per heavy atom. The molecule has 0 amide bonds. The van der Waals surface area contributed by atoms with E-state index in [1.54, 1.807) is 12.5 Å². The van der Waals surface area contributed by atoms with E-state index in [1.165, 1.54) is 11.1 Å². The summed E-state index contributed by atoms with van der Waals surface area (Å²) in [6, 6.07) is 10.1. The number of hydrogen-bond acceptors (Lipinski definition) is 1. The lowest BCUT2D eigenvalue weighted by molar-refractivity contribution is 0.572. The van der Waals surface area contributed by atoms with Crippen LogP contribution in [0.5, 0.6) is 0 Å². The lowest BCUT2D eigenvalue weighted by Gasteiger charge is -1.90. The number of furan rings is 1. The second-order valence-corrected chi connectivity index (χ2v) is 3.68. The van der Waals surface area contributed by atoms with Gasteiger partial charge in [-0.3, -0.25) is 0 Å². The summed E-state index contributed by atoms with van der Waals surface area (Å²) in [6.45, 7) is 0. The molecule has 1 nitrogen and oxygen atoms in total. The minimum Gasteiger partial charge on any atom is -0.471 e. The van der Waals surface area contributed by atoms with Gasteiger partial charge in [0.2, 0.25) is 0 Å². The van der Waals surface area contributed by atoms with E-state index in [0.29, 0.717) is 0 Å². The van der Waals surface area contributed by atoms with Crippen LogP contribution in [0.15, 0.2) is 47.3 Å². The summed E-state index contributed by atoms with van der Waals surface area (Å²) in [4.78, 5) is 0. The second kappa shape index (κ2) is 2.76. The average Bonchev–Trinajstić information content (AvgIpc) is 2.80. The maximum Gasteiger partial charge on any atom is 0.0996 e. The Bertz CT molecular complexity index is 568. The fourth-order valence-electron chi connectivity index (χ4n) is 1.77. The van der Waals surface area contributed by atoms with Gasteiger partial charge in [-0.05, 0) is 17.2 Å². The molecule has 0 saturated heterocycles. The van der Waals surface area contributed by atoms with Gasteiger partial charge in [0, 0.05) is 10.8 Å². The minimum atomic E-state index is 0.727. The van der Waals surface area contributed by atoms with Gasteiger partial charge in [-0.2, -0.15) is 0 Å². The van der Waals surface area contributed by atoms with Crippen LogP contribution in [-0.2, 0) is 0 Å². The number of fused-ring (bicyclic) bond motifs is 3. The molecule has 0 fully saturated rings. The molecule has 2 aliphatic carbocycles. The zero-order valence-electron chi connectivity index (χ0n) is 7.33. The van der Waals surface area contributed by atoms with Crippen molar-refractivity contribution in [3.05, 3.63) is 47.9 Å². The highest BCUT2D eigenvalue weighted by molar-refractivity contribution is 6.35. The van der Waals surface area contributed by atoms with Crippen LogP contribution in [0, 0.1) is 0 Å². The topological polar surface area (TPSA) is 13.1 Å². The van der Waals surface area contributed by atoms with E-state index in [0.717, 1.165) is 15.8 Å². The first-order valence-electron chi connectivity index (χ1n) is 4.39. The van der Waals surface area contributed by atoms with E-state index in [-0.39, 0.29) is 0 Å². The Morgan fingerprint density at radius 1 is 0.929 bits per heavy atom. The molecule has 68 valence electrons. The summed E-state index contributed by atoms with van der Waals surface area (Å²) in [5.74, 6) is 0. The highest BCUT2D eigenvalue weighted by Gasteiger charge is 2.08. The van der Waals surface area contributed by atoms with E-state index in [2.05, 4.69) is 12.1 Å². The Kier molecular flexibility index (Phi) is 1.55. The molecule has 0 radical (unpaired) electrons. The van der Waals surface area contributed by atoms with Crippen molar-refractivity contribution in [3.8, 4) is 11.1 Å². The summed E-state index contributed by atoms with van der Waals surface area (Å²) >= 11 is 6.11. The molecule has 1 heterocycles. The minimum absolute atomic E-state index is 0.727. The van der Waals surface area contributed by atoms with Crippen molar-refractivity contribution in [1.82, 2.24) is 0 Å². The van der Waals surface area contributed by atoms with Crippen LogP contribution in [0.1, 0.15) is 0 Å². The molecule has 3 rings (SSSR count). The number of halogens is 1. The number of rotatable bonds is 0. The van der Waals surface area contributed by atoms with Gasteiger partial charge in [-0.1, -0.05) is 35.9 Å². The lowest BCUT2D eigenvalue weighted by atomic mass is 10.1. The molecule has 0 atom stereocenters. The van der Waals surface area contributed by atoms with Crippen molar-refractivity contribution in [2.24, 2.45) is 0 Å². The van der Waals surface area contributed by atoms with Crippen LogP contribution >= 0.6 is 11.6 Å². The maximum absolute atomic E-state index is 6.11. The molecule has 0 bridgehead atoms. The quantitative estimate of drug-likeness (QED) is 0.533. The third-order valence-electron chi connectivity index (χ3n) is 2.47. The average molecular weight is 203 g/mol. The van der Waals surface area contributed by atoms with Gasteiger partial charge >= 0.3 is 0 Å². The summed E-state index contributed by atoms with van der Waals surface area (Å²) in [5.41, 5.74) is 2.36. The zero-order valence-corrected chi connectivity index (χ0v) is 8.08. The largest absolute Gasteiger partial charge is 0.471 e. The van der Waals surface area contributed by atoms with Gasteiger partial charge in [0.15, 0.2) is 0 Å². The molecule has 0 saturated carbocycles. The molecular weight excluding hydrogens is 196 g/mol. The molecule has 1 aromatic heterocycles. The normalized spacial score (nSPS) is 11.2. The van der Waals surface area contributed by atoms with E-state index >= 15 is 0 Å². The molecule has 0 aromatic carbocycles. The Labute approximate surface area is 86.2 Å². The summed E-state index contributed by atoms with van der Waals surface area (Å²) in [6.07, 6.45) is 3.42. The van der Waals surface area contributed by atoms with Gasteiger partial charge < -0.3 is 4.42 Å². The number of hydrogen-bond donors (Lipinski definition) is 0. The van der Waals surface area contributed by atoms with Gasteiger partial charge in [-0.25, -0.2) is 0 Å². The standard InChI is InChI=1S/C12H7ClO/c13-12-5-4-8-2-1-3-9(8)10-6-14-7-11(10)12/h1-7H. The smallest absolute Gasteiger partial charge is 0.0996 e. The molecule has 0 N–H and O–H groups in total. The van der Waals surface area contributed by atoms with Gasteiger partial charge in [-0.15, -0.1) is 0 Å².